The maximum absolute atomic E-state index is 12.9. The summed E-state index contributed by atoms with van der Waals surface area (Å²) in [6.07, 6.45) is 1.79. The first-order chi connectivity index (χ1) is 11.8. The smallest absolute Gasteiger partial charge is 0.198 e. The van der Waals surface area contributed by atoms with Crippen molar-refractivity contribution in [3.8, 4) is 0 Å². The Morgan fingerprint density at radius 2 is 1.52 bits per heavy atom. The highest BCUT2D eigenvalue weighted by molar-refractivity contribution is 7.87. The fourth-order valence-corrected chi connectivity index (χ4v) is 3.75. The standard InChI is InChI=1S/C20H26N2O2S/c1-4-20(2,3)17-22(16-19-13-9-6-10-14-19)25(23,24)21-15-18-11-7-5-8-12-18/h4-14,21H,1,15-17H2,2-3H3. The minimum absolute atomic E-state index is 0.267. The molecule has 0 aliphatic heterocycles. The summed E-state index contributed by atoms with van der Waals surface area (Å²) in [7, 11) is -3.63. The zero-order valence-electron chi connectivity index (χ0n) is 14.9. The van der Waals surface area contributed by atoms with Gasteiger partial charge in [-0.05, 0) is 16.5 Å². The van der Waals surface area contributed by atoms with Gasteiger partial charge in [-0.3, -0.25) is 0 Å². The second-order valence-corrected chi connectivity index (χ2v) is 8.51. The van der Waals surface area contributed by atoms with Crippen molar-refractivity contribution in [1.29, 1.82) is 0 Å². The van der Waals surface area contributed by atoms with Gasteiger partial charge in [-0.15, -0.1) is 6.58 Å². The van der Waals surface area contributed by atoms with Crippen LogP contribution < -0.4 is 4.72 Å². The topological polar surface area (TPSA) is 49.4 Å². The van der Waals surface area contributed by atoms with Crippen molar-refractivity contribution in [3.05, 3.63) is 84.4 Å². The second kappa shape index (κ2) is 8.43. The Morgan fingerprint density at radius 1 is 1.00 bits per heavy atom. The van der Waals surface area contributed by atoms with E-state index in [0.29, 0.717) is 13.1 Å². The molecule has 0 fully saturated rings. The molecule has 0 radical (unpaired) electrons. The number of hydrogen-bond donors (Lipinski definition) is 1. The molecule has 1 N–H and O–H groups in total. The Labute approximate surface area is 151 Å². The van der Waals surface area contributed by atoms with E-state index in [1.54, 1.807) is 6.08 Å². The predicted octanol–water partition coefficient (Wildman–Crippen LogP) is 3.74. The maximum Gasteiger partial charge on any atom is 0.280 e. The predicted molar refractivity (Wildman–Crippen MR) is 103 cm³/mol. The third kappa shape index (κ3) is 6.12. The van der Waals surface area contributed by atoms with E-state index < -0.39 is 10.2 Å². The molecule has 0 saturated heterocycles. The highest BCUT2D eigenvalue weighted by Crippen LogP contribution is 2.21. The lowest BCUT2D eigenvalue weighted by atomic mass is 9.94. The van der Waals surface area contributed by atoms with Crippen LogP contribution in [0.1, 0.15) is 25.0 Å². The van der Waals surface area contributed by atoms with Crippen molar-refractivity contribution in [2.75, 3.05) is 6.54 Å². The van der Waals surface area contributed by atoms with Gasteiger partial charge in [0.25, 0.3) is 10.2 Å². The Bertz CT molecular complexity index is 772. The fraction of sp³-hybridized carbons (Fsp3) is 0.300. The van der Waals surface area contributed by atoms with Crippen LogP contribution in [-0.2, 0) is 23.3 Å². The fourth-order valence-electron chi connectivity index (χ4n) is 2.39. The molecule has 25 heavy (non-hydrogen) atoms. The molecule has 0 bridgehead atoms. The molecule has 2 rings (SSSR count). The molecule has 0 unspecified atom stereocenters. The first-order valence-electron chi connectivity index (χ1n) is 8.28. The molecular weight excluding hydrogens is 332 g/mol. The van der Waals surface area contributed by atoms with Crippen molar-refractivity contribution in [2.45, 2.75) is 26.9 Å². The molecule has 2 aromatic rings. The summed E-state index contributed by atoms with van der Waals surface area (Å²) in [6, 6.07) is 19.1. The zero-order valence-corrected chi connectivity index (χ0v) is 15.7. The Kier molecular flexibility index (Phi) is 6.53. The lowest BCUT2D eigenvalue weighted by Crippen LogP contribution is -2.44. The summed E-state index contributed by atoms with van der Waals surface area (Å²) in [6.45, 7) is 8.73. The van der Waals surface area contributed by atoms with Gasteiger partial charge in [0.15, 0.2) is 0 Å². The van der Waals surface area contributed by atoms with Crippen LogP contribution in [0.25, 0.3) is 0 Å². The molecule has 0 spiro atoms. The van der Waals surface area contributed by atoms with E-state index in [4.69, 9.17) is 0 Å². The summed E-state index contributed by atoms with van der Waals surface area (Å²) in [4.78, 5) is 0. The van der Waals surface area contributed by atoms with Crippen molar-refractivity contribution in [1.82, 2.24) is 9.03 Å². The van der Waals surface area contributed by atoms with Crippen molar-refractivity contribution < 1.29 is 8.42 Å². The lowest BCUT2D eigenvalue weighted by Gasteiger charge is -2.30. The number of nitrogens with one attached hydrogen (secondary N) is 1. The third-order valence-corrected chi connectivity index (χ3v) is 5.43. The number of rotatable bonds is 9. The normalized spacial score (nSPS) is 12.3. The SMILES string of the molecule is C=CC(C)(C)CN(Cc1ccccc1)S(=O)(=O)NCc1ccccc1. The molecule has 0 heterocycles. The van der Waals surface area contributed by atoms with Crippen molar-refractivity contribution >= 4 is 10.2 Å². The molecule has 0 saturated carbocycles. The molecule has 0 atom stereocenters. The van der Waals surface area contributed by atoms with Crippen LogP contribution in [0.2, 0.25) is 0 Å². The number of nitrogens with zero attached hydrogens (tertiary/aromatic N) is 1. The van der Waals surface area contributed by atoms with Crippen molar-refractivity contribution in [2.24, 2.45) is 5.41 Å². The monoisotopic (exact) mass is 358 g/mol. The number of hydrogen-bond acceptors (Lipinski definition) is 2. The molecule has 0 aliphatic rings. The third-order valence-electron chi connectivity index (χ3n) is 3.98. The zero-order chi connectivity index (χ0) is 18.3. The summed E-state index contributed by atoms with van der Waals surface area (Å²) in [5.41, 5.74) is 1.55. The van der Waals surface area contributed by atoms with Gasteiger partial charge in [-0.1, -0.05) is 80.6 Å². The van der Waals surface area contributed by atoms with Crippen LogP contribution in [0.4, 0.5) is 0 Å². The average Bonchev–Trinajstić information content (AvgIpc) is 2.61. The highest BCUT2D eigenvalue weighted by atomic mass is 32.2. The largest absolute Gasteiger partial charge is 0.280 e. The molecule has 2 aromatic carbocycles. The first-order valence-corrected chi connectivity index (χ1v) is 9.73. The minimum atomic E-state index is -3.63. The van der Waals surface area contributed by atoms with Crippen molar-refractivity contribution in [3.63, 3.8) is 0 Å². The van der Waals surface area contributed by atoms with Crippen LogP contribution in [0.15, 0.2) is 73.3 Å². The maximum atomic E-state index is 12.9. The van der Waals surface area contributed by atoms with Gasteiger partial charge < -0.3 is 0 Å². The number of benzene rings is 2. The molecular formula is C20H26N2O2S. The molecule has 0 amide bonds. The lowest BCUT2D eigenvalue weighted by molar-refractivity contribution is 0.303. The van der Waals surface area contributed by atoms with Crippen LogP contribution >= 0.6 is 0 Å². The Hall–Kier alpha value is -1.95. The molecule has 5 heteroatoms. The van der Waals surface area contributed by atoms with Gasteiger partial charge in [0.05, 0.1) is 0 Å². The van der Waals surface area contributed by atoms with E-state index >= 15 is 0 Å². The van der Waals surface area contributed by atoms with Gasteiger partial charge in [-0.25, -0.2) is 0 Å². The van der Waals surface area contributed by atoms with Gasteiger partial charge in [0.1, 0.15) is 0 Å². The van der Waals surface area contributed by atoms with Crippen LogP contribution in [-0.4, -0.2) is 19.3 Å². The average molecular weight is 359 g/mol. The Morgan fingerprint density at radius 3 is 2.04 bits per heavy atom. The summed E-state index contributed by atoms with van der Waals surface area (Å²) in [5, 5.41) is 0. The summed E-state index contributed by atoms with van der Waals surface area (Å²) < 4.78 is 30.0. The van der Waals surface area contributed by atoms with E-state index in [1.165, 1.54) is 4.31 Å². The minimum Gasteiger partial charge on any atom is -0.198 e. The molecule has 4 nitrogen and oxygen atoms in total. The first kappa shape index (κ1) is 19.4. The highest BCUT2D eigenvalue weighted by Gasteiger charge is 2.27. The van der Waals surface area contributed by atoms with Gasteiger partial charge in [-0.2, -0.15) is 17.4 Å². The summed E-state index contributed by atoms with van der Waals surface area (Å²) >= 11 is 0. The van der Waals surface area contributed by atoms with Crippen LogP contribution in [0.3, 0.4) is 0 Å². The van der Waals surface area contributed by atoms with Gasteiger partial charge in [0, 0.05) is 19.6 Å². The second-order valence-electron chi connectivity index (χ2n) is 6.76. The van der Waals surface area contributed by atoms with E-state index in [1.807, 2.05) is 74.5 Å². The van der Waals surface area contributed by atoms with E-state index in [2.05, 4.69) is 11.3 Å². The van der Waals surface area contributed by atoms with E-state index in [9.17, 15) is 8.42 Å². The molecule has 0 aromatic heterocycles. The van der Waals surface area contributed by atoms with Crippen LogP contribution in [0.5, 0.6) is 0 Å². The quantitative estimate of drug-likeness (QED) is 0.694. The molecule has 134 valence electrons. The van der Waals surface area contributed by atoms with Gasteiger partial charge in [0.2, 0.25) is 0 Å². The Balaban J connectivity index is 2.18. The van der Waals surface area contributed by atoms with E-state index in [-0.39, 0.29) is 12.0 Å². The van der Waals surface area contributed by atoms with Gasteiger partial charge >= 0.3 is 0 Å². The van der Waals surface area contributed by atoms with E-state index in [0.717, 1.165) is 11.1 Å². The van der Waals surface area contributed by atoms with Crippen LogP contribution in [0, 0.1) is 5.41 Å². The molecule has 0 aliphatic carbocycles. The summed E-state index contributed by atoms with van der Waals surface area (Å²) in [5.74, 6) is 0.